The van der Waals surface area contributed by atoms with Gasteiger partial charge in [0.15, 0.2) is 0 Å². The second-order valence-corrected chi connectivity index (χ2v) is 7.01. The molecule has 1 saturated heterocycles. The van der Waals surface area contributed by atoms with Crippen molar-refractivity contribution in [1.82, 2.24) is 9.88 Å². The van der Waals surface area contributed by atoms with Crippen LogP contribution in [0.2, 0.25) is 0 Å². The first-order chi connectivity index (χ1) is 12.8. The fourth-order valence-electron chi connectivity index (χ4n) is 3.68. The van der Waals surface area contributed by atoms with Crippen molar-refractivity contribution in [2.75, 3.05) is 24.5 Å². The number of pyridine rings is 1. The zero-order valence-corrected chi connectivity index (χ0v) is 15.7. The van der Waals surface area contributed by atoms with Gasteiger partial charge in [-0.15, -0.1) is 0 Å². The summed E-state index contributed by atoms with van der Waals surface area (Å²) < 4.78 is 0. The van der Waals surface area contributed by atoms with Gasteiger partial charge in [-0.25, -0.2) is 4.98 Å². The average molecular weight is 351 g/mol. The molecule has 1 aromatic heterocycles. The smallest absolute Gasteiger partial charge is 0.228 e. The maximum absolute atomic E-state index is 12.7. The van der Waals surface area contributed by atoms with Crippen LogP contribution >= 0.6 is 0 Å². The van der Waals surface area contributed by atoms with E-state index in [1.54, 1.807) is 6.20 Å². The lowest BCUT2D eigenvalue weighted by molar-refractivity contribution is -0.119. The quantitative estimate of drug-likeness (QED) is 0.758. The predicted octanol–water partition coefficient (Wildman–Crippen LogP) is 3.92. The third kappa shape index (κ3) is 4.92. The molecule has 1 fully saturated rings. The van der Waals surface area contributed by atoms with Crippen LogP contribution in [0, 0.1) is 0 Å². The van der Waals surface area contributed by atoms with E-state index < -0.39 is 0 Å². The zero-order chi connectivity index (χ0) is 18.2. The van der Waals surface area contributed by atoms with Gasteiger partial charge in [0.1, 0.15) is 5.82 Å². The molecule has 1 aliphatic heterocycles. The van der Waals surface area contributed by atoms with Crippen molar-refractivity contribution in [2.24, 2.45) is 0 Å². The minimum Gasteiger partial charge on any atom is -0.303 e. The van der Waals surface area contributed by atoms with Crippen LogP contribution in [-0.4, -0.2) is 41.5 Å². The maximum Gasteiger partial charge on any atom is 0.228 e. The largest absolute Gasteiger partial charge is 0.303 e. The molecule has 0 atom stereocenters. The van der Waals surface area contributed by atoms with Crippen LogP contribution in [0.1, 0.15) is 38.2 Å². The predicted molar refractivity (Wildman–Crippen MR) is 106 cm³/mol. The maximum atomic E-state index is 12.7. The van der Waals surface area contributed by atoms with Gasteiger partial charge in [0.25, 0.3) is 0 Å². The Morgan fingerprint density at radius 1 is 1.12 bits per heavy atom. The Morgan fingerprint density at radius 3 is 2.50 bits per heavy atom. The van der Waals surface area contributed by atoms with E-state index >= 15 is 0 Å². The third-order valence-corrected chi connectivity index (χ3v) is 5.11. The first-order valence-corrected chi connectivity index (χ1v) is 9.77. The second kappa shape index (κ2) is 9.48. The number of piperidine rings is 1. The van der Waals surface area contributed by atoms with Crippen LogP contribution in [-0.2, 0) is 11.2 Å². The molecule has 0 spiro atoms. The standard InChI is InChI=1S/C22H29N3O/c1-2-8-22(26)25(21-11-6-7-15-23-21)20-13-17-24(18-14-20)16-12-19-9-4-3-5-10-19/h3-7,9-11,15,20H,2,8,12-14,16-18H2,1H3. The number of rotatable bonds is 7. The number of likely N-dealkylation sites (tertiary alicyclic amines) is 1. The number of aromatic nitrogens is 1. The monoisotopic (exact) mass is 351 g/mol. The molecule has 2 heterocycles. The number of hydrogen-bond donors (Lipinski definition) is 0. The number of amides is 1. The number of nitrogens with zero attached hydrogens (tertiary/aromatic N) is 3. The lowest BCUT2D eigenvalue weighted by Gasteiger charge is -2.38. The molecule has 4 nitrogen and oxygen atoms in total. The number of anilines is 1. The normalized spacial score (nSPS) is 15.7. The molecule has 138 valence electrons. The highest BCUT2D eigenvalue weighted by molar-refractivity contribution is 5.92. The highest BCUT2D eigenvalue weighted by atomic mass is 16.2. The Morgan fingerprint density at radius 2 is 1.85 bits per heavy atom. The van der Waals surface area contributed by atoms with Gasteiger partial charge in [-0.1, -0.05) is 43.3 Å². The summed E-state index contributed by atoms with van der Waals surface area (Å²) in [4.78, 5) is 21.6. The summed E-state index contributed by atoms with van der Waals surface area (Å²) in [6.45, 7) is 5.23. The second-order valence-electron chi connectivity index (χ2n) is 7.01. The fourth-order valence-corrected chi connectivity index (χ4v) is 3.68. The van der Waals surface area contributed by atoms with Crippen LogP contribution < -0.4 is 4.90 Å². The molecule has 1 aromatic carbocycles. The van der Waals surface area contributed by atoms with E-state index in [4.69, 9.17) is 0 Å². The molecule has 0 unspecified atom stereocenters. The van der Waals surface area contributed by atoms with Gasteiger partial charge in [-0.3, -0.25) is 9.69 Å². The molecule has 0 N–H and O–H groups in total. The van der Waals surface area contributed by atoms with Crippen LogP contribution in [0.3, 0.4) is 0 Å². The van der Waals surface area contributed by atoms with E-state index in [0.717, 1.165) is 51.1 Å². The minimum absolute atomic E-state index is 0.203. The SMILES string of the molecule is CCCC(=O)N(c1ccccn1)C1CCN(CCc2ccccc2)CC1. The number of hydrogen-bond acceptors (Lipinski definition) is 3. The van der Waals surface area contributed by atoms with Gasteiger partial charge >= 0.3 is 0 Å². The first-order valence-electron chi connectivity index (χ1n) is 9.77. The molecule has 0 aliphatic carbocycles. The summed E-state index contributed by atoms with van der Waals surface area (Å²) in [6, 6.07) is 16.7. The van der Waals surface area contributed by atoms with Crippen molar-refractivity contribution in [3.05, 3.63) is 60.3 Å². The molecule has 4 heteroatoms. The molecule has 0 bridgehead atoms. The topological polar surface area (TPSA) is 36.4 Å². The third-order valence-electron chi connectivity index (χ3n) is 5.11. The van der Waals surface area contributed by atoms with Crippen molar-refractivity contribution < 1.29 is 4.79 Å². The van der Waals surface area contributed by atoms with E-state index in [1.807, 2.05) is 23.1 Å². The highest BCUT2D eigenvalue weighted by Crippen LogP contribution is 2.23. The van der Waals surface area contributed by atoms with Crippen LogP contribution in [0.4, 0.5) is 5.82 Å². The molecular weight excluding hydrogens is 322 g/mol. The van der Waals surface area contributed by atoms with Crippen molar-refractivity contribution in [3.63, 3.8) is 0 Å². The van der Waals surface area contributed by atoms with E-state index in [0.29, 0.717) is 6.42 Å². The molecule has 26 heavy (non-hydrogen) atoms. The van der Waals surface area contributed by atoms with Gasteiger partial charge in [0, 0.05) is 38.3 Å². The Labute approximate surface area is 156 Å². The van der Waals surface area contributed by atoms with E-state index in [-0.39, 0.29) is 11.9 Å². The highest BCUT2D eigenvalue weighted by Gasteiger charge is 2.29. The summed E-state index contributed by atoms with van der Waals surface area (Å²) in [7, 11) is 0. The van der Waals surface area contributed by atoms with Crippen molar-refractivity contribution >= 4 is 11.7 Å². The van der Waals surface area contributed by atoms with E-state index in [9.17, 15) is 4.79 Å². The van der Waals surface area contributed by atoms with Crippen molar-refractivity contribution in [3.8, 4) is 0 Å². The number of carbonyl (C=O) groups excluding carboxylic acids is 1. The average Bonchev–Trinajstić information content (AvgIpc) is 2.69. The van der Waals surface area contributed by atoms with E-state index in [2.05, 4.69) is 47.1 Å². The summed E-state index contributed by atoms with van der Waals surface area (Å²) in [5.41, 5.74) is 1.39. The van der Waals surface area contributed by atoms with E-state index in [1.165, 1.54) is 5.56 Å². The van der Waals surface area contributed by atoms with Gasteiger partial charge in [-0.05, 0) is 43.4 Å². The van der Waals surface area contributed by atoms with Crippen LogP contribution in [0.5, 0.6) is 0 Å². The molecule has 1 aliphatic rings. The summed E-state index contributed by atoms with van der Waals surface area (Å²) in [5, 5.41) is 0. The summed E-state index contributed by atoms with van der Waals surface area (Å²) >= 11 is 0. The summed E-state index contributed by atoms with van der Waals surface area (Å²) in [6.07, 6.45) is 6.35. The Kier molecular flexibility index (Phi) is 6.78. The minimum atomic E-state index is 0.203. The van der Waals surface area contributed by atoms with Gasteiger partial charge in [0.05, 0.1) is 0 Å². The Hall–Kier alpha value is -2.20. The molecule has 0 saturated carbocycles. The number of carbonyl (C=O) groups is 1. The molecule has 1 amide bonds. The molecular formula is C22H29N3O. The van der Waals surface area contributed by atoms with Gasteiger partial charge in [-0.2, -0.15) is 0 Å². The lowest BCUT2D eigenvalue weighted by Crippen LogP contribution is -2.48. The van der Waals surface area contributed by atoms with Gasteiger partial charge < -0.3 is 4.90 Å². The lowest BCUT2D eigenvalue weighted by atomic mass is 10.0. The molecule has 2 aromatic rings. The van der Waals surface area contributed by atoms with Crippen LogP contribution in [0.25, 0.3) is 0 Å². The molecule has 3 rings (SSSR count). The number of benzene rings is 1. The van der Waals surface area contributed by atoms with Crippen molar-refractivity contribution in [2.45, 2.75) is 45.1 Å². The fraction of sp³-hybridized carbons (Fsp3) is 0.455. The first kappa shape index (κ1) is 18.6. The molecule has 0 radical (unpaired) electrons. The Bertz CT molecular complexity index is 666. The van der Waals surface area contributed by atoms with Crippen LogP contribution in [0.15, 0.2) is 54.7 Å². The van der Waals surface area contributed by atoms with Gasteiger partial charge in [0.2, 0.25) is 5.91 Å². The van der Waals surface area contributed by atoms with Crippen molar-refractivity contribution in [1.29, 1.82) is 0 Å². The Balaban J connectivity index is 1.58. The zero-order valence-electron chi connectivity index (χ0n) is 15.7. The summed E-state index contributed by atoms with van der Waals surface area (Å²) in [5.74, 6) is 1.00.